The first kappa shape index (κ1) is 19.3. The molecule has 0 unspecified atom stereocenters. The summed E-state index contributed by atoms with van der Waals surface area (Å²) in [5.41, 5.74) is 2.43. The first-order chi connectivity index (χ1) is 14.1. The lowest BCUT2D eigenvalue weighted by molar-refractivity contribution is 0.0922. The maximum absolute atomic E-state index is 12.9. The fraction of sp³-hybridized carbons (Fsp3) is 0.348. The van der Waals surface area contributed by atoms with Crippen LogP contribution < -0.4 is 10.2 Å². The Labute approximate surface area is 170 Å². The van der Waals surface area contributed by atoms with E-state index in [1.165, 1.54) is 30.2 Å². The molecule has 6 heteroatoms. The molecule has 1 N–H and O–H groups in total. The van der Waals surface area contributed by atoms with Gasteiger partial charge in [-0.2, -0.15) is 0 Å². The largest absolute Gasteiger partial charge is 0.351 e. The van der Waals surface area contributed by atoms with Gasteiger partial charge in [-0.3, -0.25) is 14.4 Å². The van der Waals surface area contributed by atoms with Crippen molar-refractivity contribution in [2.75, 3.05) is 31.1 Å². The summed E-state index contributed by atoms with van der Waals surface area (Å²) in [7, 11) is 0. The molecule has 2 aromatic rings. The number of rotatable bonds is 5. The van der Waals surface area contributed by atoms with Crippen LogP contribution in [0.2, 0.25) is 0 Å². The molecule has 150 valence electrons. The van der Waals surface area contributed by atoms with Crippen molar-refractivity contribution in [2.24, 2.45) is 0 Å². The number of nitrogens with one attached hydrogen (secondary N) is 1. The first-order valence-electron chi connectivity index (χ1n) is 10.2. The number of hydrogen-bond donors (Lipinski definition) is 1. The van der Waals surface area contributed by atoms with Gasteiger partial charge in [0.05, 0.1) is 16.8 Å². The number of carbonyl (C=O) groups excluding carboxylic acids is 3. The molecule has 29 heavy (non-hydrogen) atoms. The van der Waals surface area contributed by atoms with Gasteiger partial charge in [-0.15, -0.1) is 0 Å². The van der Waals surface area contributed by atoms with Crippen LogP contribution in [0, 0.1) is 6.92 Å². The average molecular weight is 391 g/mol. The molecule has 0 spiro atoms. The van der Waals surface area contributed by atoms with E-state index in [9.17, 15) is 14.4 Å². The van der Waals surface area contributed by atoms with Gasteiger partial charge in [-0.25, -0.2) is 4.90 Å². The quantitative estimate of drug-likeness (QED) is 0.796. The minimum absolute atomic E-state index is 0.223. The van der Waals surface area contributed by atoms with Crippen LogP contribution in [-0.4, -0.2) is 48.8 Å². The minimum atomic E-state index is -0.387. The Morgan fingerprint density at radius 2 is 1.69 bits per heavy atom. The van der Waals surface area contributed by atoms with E-state index in [-0.39, 0.29) is 23.3 Å². The van der Waals surface area contributed by atoms with E-state index in [1.54, 1.807) is 24.3 Å². The smallest absolute Gasteiger partial charge is 0.266 e. The van der Waals surface area contributed by atoms with Gasteiger partial charge in [-0.05, 0) is 62.7 Å². The molecule has 0 radical (unpaired) electrons. The van der Waals surface area contributed by atoms with Gasteiger partial charge in [0, 0.05) is 18.7 Å². The fourth-order valence-electron chi connectivity index (χ4n) is 4.03. The normalized spacial score (nSPS) is 16.8. The molecule has 0 aromatic heterocycles. The molecule has 2 aliphatic rings. The molecule has 3 amide bonds. The van der Waals surface area contributed by atoms with Gasteiger partial charge >= 0.3 is 0 Å². The molecule has 6 nitrogen and oxygen atoms in total. The van der Waals surface area contributed by atoms with Crippen LogP contribution in [0.1, 0.15) is 55.9 Å². The van der Waals surface area contributed by atoms with Crippen LogP contribution in [0.3, 0.4) is 0 Å². The molecule has 0 saturated carbocycles. The Kier molecular flexibility index (Phi) is 5.45. The highest BCUT2D eigenvalue weighted by molar-refractivity contribution is 6.35. The number of imide groups is 1. The van der Waals surface area contributed by atoms with Crippen molar-refractivity contribution >= 4 is 23.4 Å². The number of para-hydroxylation sites is 1. The molecule has 4 rings (SSSR count). The highest BCUT2D eigenvalue weighted by atomic mass is 16.2. The third-order valence-electron chi connectivity index (χ3n) is 5.67. The second-order valence-electron chi connectivity index (χ2n) is 7.65. The lowest BCUT2D eigenvalue weighted by Gasteiger charge is -2.26. The van der Waals surface area contributed by atoms with Gasteiger partial charge in [0.2, 0.25) is 0 Å². The monoisotopic (exact) mass is 391 g/mol. The lowest BCUT2D eigenvalue weighted by Crippen LogP contribution is -2.37. The fourth-order valence-corrected chi connectivity index (χ4v) is 4.03. The van der Waals surface area contributed by atoms with E-state index in [0.717, 1.165) is 25.2 Å². The maximum Gasteiger partial charge on any atom is 0.266 e. The predicted molar refractivity (Wildman–Crippen MR) is 111 cm³/mol. The Morgan fingerprint density at radius 3 is 2.45 bits per heavy atom. The Hall–Kier alpha value is -2.99. The van der Waals surface area contributed by atoms with Gasteiger partial charge in [0.15, 0.2) is 0 Å². The van der Waals surface area contributed by atoms with E-state index in [0.29, 0.717) is 23.4 Å². The average Bonchev–Trinajstić information content (AvgIpc) is 2.99. The summed E-state index contributed by atoms with van der Waals surface area (Å²) in [5.74, 6) is -0.960. The Morgan fingerprint density at radius 1 is 0.966 bits per heavy atom. The summed E-state index contributed by atoms with van der Waals surface area (Å²) in [4.78, 5) is 41.8. The van der Waals surface area contributed by atoms with Crippen LogP contribution in [0.5, 0.6) is 0 Å². The number of nitrogens with zero attached hydrogens (tertiary/aromatic N) is 2. The number of anilines is 1. The standard InChI is InChI=1S/C23H25N3O3/c1-16-7-3-4-8-20(16)26-22(28)18-10-9-17(15-19(18)23(26)29)21(27)24-11-14-25-12-5-2-6-13-25/h3-4,7-10,15H,2,5-6,11-14H2,1H3,(H,24,27). The number of amides is 3. The zero-order chi connectivity index (χ0) is 20.4. The van der Waals surface area contributed by atoms with E-state index in [1.807, 2.05) is 19.1 Å². The van der Waals surface area contributed by atoms with Crippen molar-refractivity contribution < 1.29 is 14.4 Å². The van der Waals surface area contributed by atoms with Crippen molar-refractivity contribution in [3.63, 3.8) is 0 Å². The van der Waals surface area contributed by atoms with Crippen LogP contribution >= 0.6 is 0 Å². The van der Waals surface area contributed by atoms with Crippen molar-refractivity contribution in [3.8, 4) is 0 Å². The Balaban J connectivity index is 1.47. The molecule has 0 bridgehead atoms. The number of hydrogen-bond acceptors (Lipinski definition) is 4. The van der Waals surface area contributed by atoms with Crippen molar-refractivity contribution in [1.29, 1.82) is 0 Å². The van der Waals surface area contributed by atoms with Gasteiger partial charge in [0.1, 0.15) is 0 Å². The number of fused-ring (bicyclic) bond motifs is 1. The minimum Gasteiger partial charge on any atom is -0.351 e. The molecule has 1 fully saturated rings. The zero-order valence-corrected chi connectivity index (χ0v) is 16.6. The third kappa shape index (κ3) is 3.80. The summed E-state index contributed by atoms with van der Waals surface area (Å²) < 4.78 is 0. The summed E-state index contributed by atoms with van der Waals surface area (Å²) in [5, 5.41) is 2.93. The van der Waals surface area contributed by atoms with Gasteiger partial charge in [0.25, 0.3) is 17.7 Å². The first-order valence-corrected chi connectivity index (χ1v) is 10.2. The summed E-state index contributed by atoms with van der Waals surface area (Å²) >= 11 is 0. The van der Waals surface area contributed by atoms with E-state index in [4.69, 9.17) is 0 Å². The van der Waals surface area contributed by atoms with Crippen LogP contribution in [0.4, 0.5) is 5.69 Å². The van der Waals surface area contributed by atoms with E-state index >= 15 is 0 Å². The summed E-state index contributed by atoms with van der Waals surface area (Å²) in [6.45, 7) is 5.42. The highest BCUT2D eigenvalue weighted by Crippen LogP contribution is 2.30. The molecule has 1 saturated heterocycles. The SMILES string of the molecule is Cc1ccccc1N1C(=O)c2ccc(C(=O)NCCN3CCCCC3)cc2C1=O. The molecule has 0 aliphatic carbocycles. The molecular weight excluding hydrogens is 366 g/mol. The number of benzene rings is 2. The second-order valence-corrected chi connectivity index (χ2v) is 7.65. The van der Waals surface area contributed by atoms with Crippen molar-refractivity contribution in [2.45, 2.75) is 26.2 Å². The number of aryl methyl sites for hydroxylation is 1. The van der Waals surface area contributed by atoms with Crippen molar-refractivity contribution in [3.05, 3.63) is 64.7 Å². The number of carbonyl (C=O) groups is 3. The van der Waals surface area contributed by atoms with Crippen LogP contribution in [0.25, 0.3) is 0 Å². The van der Waals surface area contributed by atoms with Gasteiger partial charge in [-0.1, -0.05) is 24.6 Å². The maximum atomic E-state index is 12.9. The second kappa shape index (κ2) is 8.17. The molecule has 2 heterocycles. The van der Waals surface area contributed by atoms with Crippen molar-refractivity contribution in [1.82, 2.24) is 10.2 Å². The topological polar surface area (TPSA) is 69.7 Å². The van der Waals surface area contributed by atoms with Crippen LogP contribution in [0.15, 0.2) is 42.5 Å². The predicted octanol–water partition coefficient (Wildman–Crippen LogP) is 3.01. The number of piperidine rings is 1. The van der Waals surface area contributed by atoms with Gasteiger partial charge < -0.3 is 10.2 Å². The molecule has 0 atom stereocenters. The number of likely N-dealkylation sites (tertiary alicyclic amines) is 1. The zero-order valence-electron chi connectivity index (χ0n) is 16.6. The van der Waals surface area contributed by atoms with E-state index < -0.39 is 0 Å². The Bertz CT molecular complexity index is 964. The molecular formula is C23H25N3O3. The summed E-state index contributed by atoms with van der Waals surface area (Å²) in [6.07, 6.45) is 3.71. The van der Waals surface area contributed by atoms with E-state index in [2.05, 4.69) is 10.2 Å². The lowest BCUT2D eigenvalue weighted by atomic mass is 10.1. The summed E-state index contributed by atoms with van der Waals surface area (Å²) in [6, 6.07) is 12.0. The van der Waals surface area contributed by atoms with Crippen LogP contribution in [-0.2, 0) is 0 Å². The molecule has 2 aliphatic heterocycles. The highest BCUT2D eigenvalue weighted by Gasteiger charge is 2.37. The third-order valence-corrected chi connectivity index (χ3v) is 5.67. The molecule has 2 aromatic carbocycles.